The number of carboxylic acid groups (broad SMARTS) is 1. The highest BCUT2D eigenvalue weighted by Gasteiger charge is 2.21. The Labute approximate surface area is 145 Å². The minimum absolute atomic E-state index is 0.526. The summed E-state index contributed by atoms with van der Waals surface area (Å²) in [4.78, 5) is 12.6. The van der Waals surface area contributed by atoms with E-state index in [-0.39, 0.29) is 0 Å². The summed E-state index contributed by atoms with van der Waals surface area (Å²) in [6.45, 7) is 2.03. The average Bonchev–Trinajstić information content (AvgIpc) is 2.60. The van der Waals surface area contributed by atoms with Crippen molar-refractivity contribution in [2.75, 3.05) is 18.2 Å². The molecule has 0 radical (unpaired) electrons. The summed E-state index contributed by atoms with van der Waals surface area (Å²) in [5.41, 5.74) is 1.81. The van der Waals surface area contributed by atoms with Gasteiger partial charge in [-0.3, -0.25) is 0 Å². The van der Waals surface area contributed by atoms with Gasteiger partial charge in [0.25, 0.3) is 0 Å². The molecule has 0 saturated carbocycles. The number of hydrogen-bond donors (Lipinski definition) is 2. The minimum Gasteiger partial charge on any atom is -0.496 e. The number of ether oxygens (including phenoxy) is 1. The molecule has 2 aromatic carbocycles. The van der Waals surface area contributed by atoms with Gasteiger partial charge in [-0.2, -0.15) is 5.26 Å². The molecular formula is C18H18N2O3S. The van der Waals surface area contributed by atoms with Gasteiger partial charge in [-0.15, -0.1) is 11.8 Å². The number of anilines is 1. The van der Waals surface area contributed by atoms with Crippen molar-refractivity contribution in [3.63, 3.8) is 0 Å². The van der Waals surface area contributed by atoms with Gasteiger partial charge in [-0.05, 0) is 47.7 Å². The summed E-state index contributed by atoms with van der Waals surface area (Å²) < 4.78 is 5.32. The molecule has 0 aromatic heterocycles. The van der Waals surface area contributed by atoms with E-state index in [9.17, 15) is 9.90 Å². The van der Waals surface area contributed by atoms with Crippen molar-refractivity contribution in [3.8, 4) is 11.8 Å². The third-order valence-corrected chi connectivity index (χ3v) is 4.31. The minimum atomic E-state index is -0.975. The van der Waals surface area contributed by atoms with Gasteiger partial charge < -0.3 is 15.2 Å². The summed E-state index contributed by atoms with van der Waals surface area (Å²) in [7, 11) is 1.60. The number of hydrogen-bond acceptors (Lipinski definition) is 5. The van der Waals surface area contributed by atoms with E-state index in [1.807, 2.05) is 19.1 Å². The van der Waals surface area contributed by atoms with Crippen LogP contribution >= 0.6 is 11.8 Å². The molecular weight excluding hydrogens is 324 g/mol. The Morgan fingerprint density at radius 2 is 2.04 bits per heavy atom. The quantitative estimate of drug-likeness (QED) is 0.742. The highest BCUT2D eigenvalue weighted by molar-refractivity contribution is 7.99. The fraction of sp³-hybridized carbons (Fsp3) is 0.222. The van der Waals surface area contributed by atoms with Crippen LogP contribution in [0.4, 0.5) is 5.69 Å². The molecule has 2 rings (SSSR count). The van der Waals surface area contributed by atoms with Crippen LogP contribution in [0.1, 0.15) is 24.1 Å². The first kappa shape index (κ1) is 17.7. The van der Waals surface area contributed by atoms with Crippen LogP contribution in [0.25, 0.3) is 0 Å². The molecule has 0 heterocycles. The molecule has 2 aromatic rings. The van der Waals surface area contributed by atoms with Crippen molar-refractivity contribution in [1.82, 2.24) is 0 Å². The lowest BCUT2D eigenvalue weighted by Gasteiger charge is -2.18. The number of thioether (sulfide) groups is 1. The molecule has 0 aliphatic rings. The Kier molecular flexibility index (Phi) is 6.10. The predicted octanol–water partition coefficient (Wildman–Crippen LogP) is 3.92. The SMILES string of the molecule is CCSc1cc(C(Nc2ccc(C#N)cc2)C(=O)O)ccc1OC. The fourth-order valence-electron chi connectivity index (χ4n) is 2.24. The van der Waals surface area contributed by atoms with Gasteiger partial charge >= 0.3 is 5.97 Å². The van der Waals surface area contributed by atoms with Gasteiger partial charge in [0.2, 0.25) is 0 Å². The summed E-state index contributed by atoms with van der Waals surface area (Å²) in [6, 6.07) is 13.2. The third kappa shape index (κ3) is 4.21. The second kappa shape index (κ2) is 8.27. The Morgan fingerprint density at radius 3 is 2.58 bits per heavy atom. The summed E-state index contributed by atoms with van der Waals surface area (Å²) >= 11 is 1.60. The lowest BCUT2D eigenvalue weighted by Crippen LogP contribution is -2.20. The average molecular weight is 342 g/mol. The van der Waals surface area contributed by atoms with Gasteiger partial charge in [-0.1, -0.05) is 13.0 Å². The van der Waals surface area contributed by atoms with Crippen LogP contribution in [0, 0.1) is 11.3 Å². The van der Waals surface area contributed by atoms with E-state index in [2.05, 4.69) is 5.32 Å². The standard InChI is InChI=1S/C18H18N2O3S/c1-3-24-16-10-13(6-9-15(16)23-2)17(18(21)22)20-14-7-4-12(11-19)5-8-14/h4-10,17,20H,3H2,1-2H3,(H,21,22). The number of nitrogens with zero attached hydrogens (tertiary/aromatic N) is 1. The number of nitriles is 1. The van der Waals surface area contributed by atoms with E-state index in [1.165, 1.54) is 0 Å². The summed E-state index contributed by atoms with van der Waals surface area (Å²) in [6.07, 6.45) is 0. The number of methoxy groups -OCH3 is 1. The molecule has 0 amide bonds. The number of aliphatic carboxylic acids is 1. The van der Waals surface area contributed by atoms with Crippen molar-refractivity contribution in [3.05, 3.63) is 53.6 Å². The molecule has 124 valence electrons. The van der Waals surface area contributed by atoms with Crippen LogP contribution in [0.5, 0.6) is 5.75 Å². The maximum absolute atomic E-state index is 11.7. The third-order valence-electron chi connectivity index (χ3n) is 3.39. The normalized spacial score (nSPS) is 11.4. The molecule has 0 aliphatic heterocycles. The van der Waals surface area contributed by atoms with Crippen LogP contribution in [0.15, 0.2) is 47.4 Å². The van der Waals surface area contributed by atoms with Crippen LogP contribution in [0.3, 0.4) is 0 Å². The second-order valence-electron chi connectivity index (χ2n) is 4.95. The molecule has 0 fully saturated rings. The maximum atomic E-state index is 11.7. The molecule has 1 atom stereocenters. The number of carboxylic acids is 1. The molecule has 5 nitrogen and oxygen atoms in total. The molecule has 2 N–H and O–H groups in total. The first-order valence-corrected chi connectivity index (χ1v) is 8.37. The Balaban J connectivity index is 2.31. The highest BCUT2D eigenvalue weighted by Crippen LogP contribution is 2.32. The zero-order valence-corrected chi connectivity index (χ0v) is 14.3. The molecule has 0 aliphatic carbocycles. The summed E-state index contributed by atoms with van der Waals surface area (Å²) in [5.74, 6) is 0.616. The topological polar surface area (TPSA) is 82.4 Å². The lowest BCUT2D eigenvalue weighted by molar-refractivity contribution is -0.138. The molecule has 0 spiro atoms. The number of benzene rings is 2. The van der Waals surface area contributed by atoms with Crippen molar-refractivity contribution in [2.24, 2.45) is 0 Å². The molecule has 0 saturated heterocycles. The maximum Gasteiger partial charge on any atom is 0.330 e. The van der Waals surface area contributed by atoms with Gasteiger partial charge in [0.05, 0.1) is 18.7 Å². The van der Waals surface area contributed by atoms with E-state index in [1.54, 1.807) is 55.3 Å². The first-order valence-electron chi connectivity index (χ1n) is 7.39. The largest absolute Gasteiger partial charge is 0.496 e. The van der Waals surface area contributed by atoms with Gasteiger partial charge in [0.15, 0.2) is 6.04 Å². The van der Waals surface area contributed by atoms with Gasteiger partial charge in [0, 0.05) is 10.6 Å². The molecule has 24 heavy (non-hydrogen) atoms. The van der Waals surface area contributed by atoms with Crippen LogP contribution in [-0.2, 0) is 4.79 Å². The van der Waals surface area contributed by atoms with E-state index < -0.39 is 12.0 Å². The van der Waals surface area contributed by atoms with Crippen molar-refractivity contribution >= 4 is 23.4 Å². The van der Waals surface area contributed by atoms with E-state index in [4.69, 9.17) is 10.00 Å². The van der Waals surface area contributed by atoms with Crippen LogP contribution in [0.2, 0.25) is 0 Å². The zero-order chi connectivity index (χ0) is 17.5. The Hall–Kier alpha value is -2.65. The van der Waals surface area contributed by atoms with Crippen LogP contribution < -0.4 is 10.1 Å². The smallest absolute Gasteiger partial charge is 0.330 e. The van der Waals surface area contributed by atoms with Crippen molar-refractivity contribution in [1.29, 1.82) is 5.26 Å². The molecule has 6 heteroatoms. The predicted molar refractivity (Wildman–Crippen MR) is 94.5 cm³/mol. The van der Waals surface area contributed by atoms with E-state index in [0.29, 0.717) is 16.8 Å². The van der Waals surface area contributed by atoms with Crippen molar-refractivity contribution in [2.45, 2.75) is 17.9 Å². The second-order valence-corrected chi connectivity index (χ2v) is 6.25. The molecule has 0 bridgehead atoms. The van der Waals surface area contributed by atoms with Crippen molar-refractivity contribution < 1.29 is 14.6 Å². The Bertz CT molecular complexity index is 754. The number of rotatable bonds is 7. The fourth-order valence-corrected chi connectivity index (χ4v) is 3.06. The highest BCUT2D eigenvalue weighted by atomic mass is 32.2. The number of nitrogens with one attached hydrogen (secondary N) is 1. The van der Waals surface area contributed by atoms with Gasteiger partial charge in [-0.25, -0.2) is 4.79 Å². The zero-order valence-electron chi connectivity index (χ0n) is 13.4. The summed E-state index contributed by atoms with van der Waals surface area (Å²) in [5, 5.41) is 21.4. The number of carbonyl (C=O) groups is 1. The lowest BCUT2D eigenvalue weighted by atomic mass is 10.1. The van der Waals surface area contributed by atoms with Gasteiger partial charge in [0.1, 0.15) is 5.75 Å². The van der Waals surface area contributed by atoms with E-state index in [0.717, 1.165) is 16.4 Å². The van der Waals surface area contributed by atoms with E-state index >= 15 is 0 Å². The Morgan fingerprint density at radius 1 is 1.33 bits per heavy atom. The molecule has 1 unspecified atom stereocenters. The first-order chi connectivity index (χ1) is 11.6. The van der Waals surface area contributed by atoms with Crippen LogP contribution in [-0.4, -0.2) is 23.9 Å². The monoisotopic (exact) mass is 342 g/mol.